The van der Waals surface area contributed by atoms with Crippen LogP contribution in [0.5, 0.6) is 0 Å². The Hall–Kier alpha value is -0.570. The average molecular weight is 211 g/mol. The summed E-state index contributed by atoms with van der Waals surface area (Å²) in [6, 6.07) is 0. The maximum Gasteiger partial charge on any atom is 0.308 e. The molecule has 0 radical (unpaired) electrons. The number of rotatable bonds is 3. The van der Waals surface area contributed by atoms with Gasteiger partial charge >= 0.3 is 5.97 Å². The topological polar surface area (TPSA) is 40.5 Å². The molecule has 0 spiro atoms. The van der Waals surface area contributed by atoms with Crippen LogP contribution < -0.4 is 0 Å². The van der Waals surface area contributed by atoms with Gasteiger partial charge in [-0.3, -0.25) is 4.79 Å². The van der Waals surface area contributed by atoms with Gasteiger partial charge in [0.25, 0.3) is 0 Å². The van der Waals surface area contributed by atoms with E-state index in [1.165, 1.54) is 25.7 Å². The molecule has 2 aliphatic rings. The van der Waals surface area contributed by atoms with Gasteiger partial charge in [-0.15, -0.1) is 0 Å². The van der Waals surface area contributed by atoms with Gasteiger partial charge in [0.2, 0.25) is 0 Å². The molecule has 0 aromatic heterocycles. The molecule has 0 unspecified atom stereocenters. The van der Waals surface area contributed by atoms with E-state index >= 15 is 0 Å². The Bertz CT molecular complexity index is 236. The third-order valence-corrected chi connectivity index (χ3v) is 4.21. The van der Waals surface area contributed by atoms with E-state index in [0.29, 0.717) is 11.8 Å². The number of hydrogen-bond acceptors (Lipinski definition) is 2. The molecule has 1 heterocycles. The van der Waals surface area contributed by atoms with E-state index in [9.17, 15) is 9.90 Å². The molecular weight excluding hydrogens is 190 g/mol. The van der Waals surface area contributed by atoms with Crippen molar-refractivity contribution in [3.05, 3.63) is 0 Å². The lowest BCUT2D eigenvalue weighted by molar-refractivity contribution is -0.143. The van der Waals surface area contributed by atoms with E-state index in [4.69, 9.17) is 0 Å². The van der Waals surface area contributed by atoms with Crippen molar-refractivity contribution in [2.24, 2.45) is 17.8 Å². The van der Waals surface area contributed by atoms with Crippen molar-refractivity contribution in [3.8, 4) is 0 Å². The largest absolute Gasteiger partial charge is 0.481 e. The lowest BCUT2D eigenvalue weighted by Gasteiger charge is -2.21. The molecule has 0 amide bonds. The molecule has 0 aromatic carbocycles. The smallest absolute Gasteiger partial charge is 0.308 e. The molecular formula is C12H21NO2. The SMILES string of the molecule is CCN1C[C@H](C(=O)O)[C@@H](C2CCCC2)C1. The van der Waals surface area contributed by atoms with Crippen LogP contribution in [0.2, 0.25) is 0 Å². The van der Waals surface area contributed by atoms with Gasteiger partial charge in [0, 0.05) is 13.1 Å². The number of hydrogen-bond donors (Lipinski definition) is 1. The van der Waals surface area contributed by atoms with Crippen LogP contribution in [0.4, 0.5) is 0 Å². The predicted molar refractivity (Wildman–Crippen MR) is 58.7 cm³/mol. The highest BCUT2D eigenvalue weighted by atomic mass is 16.4. The van der Waals surface area contributed by atoms with E-state index in [-0.39, 0.29) is 5.92 Å². The highest BCUT2D eigenvalue weighted by molar-refractivity contribution is 5.71. The monoisotopic (exact) mass is 211 g/mol. The van der Waals surface area contributed by atoms with E-state index in [1.807, 2.05) is 0 Å². The second-order valence-electron chi connectivity index (χ2n) is 5.01. The van der Waals surface area contributed by atoms with E-state index in [1.54, 1.807) is 0 Å². The highest BCUT2D eigenvalue weighted by Gasteiger charge is 2.41. The number of nitrogens with zero attached hydrogens (tertiary/aromatic N) is 1. The summed E-state index contributed by atoms with van der Waals surface area (Å²) in [4.78, 5) is 13.5. The average Bonchev–Trinajstić information content (AvgIpc) is 2.86. The quantitative estimate of drug-likeness (QED) is 0.774. The fourth-order valence-electron chi connectivity index (χ4n) is 3.30. The zero-order valence-corrected chi connectivity index (χ0v) is 9.48. The van der Waals surface area contributed by atoms with Crippen LogP contribution in [-0.2, 0) is 4.79 Å². The first kappa shape index (κ1) is 10.9. The van der Waals surface area contributed by atoms with Gasteiger partial charge in [0.1, 0.15) is 0 Å². The predicted octanol–water partition coefficient (Wildman–Crippen LogP) is 1.83. The Morgan fingerprint density at radius 2 is 2.00 bits per heavy atom. The normalized spacial score (nSPS) is 33.7. The van der Waals surface area contributed by atoms with Crippen molar-refractivity contribution in [3.63, 3.8) is 0 Å². The van der Waals surface area contributed by atoms with Crippen LogP contribution >= 0.6 is 0 Å². The van der Waals surface area contributed by atoms with Crippen LogP contribution in [-0.4, -0.2) is 35.6 Å². The van der Waals surface area contributed by atoms with Crippen molar-refractivity contribution in [2.75, 3.05) is 19.6 Å². The summed E-state index contributed by atoms with van der Waals surface area (Å²) >= 11 is 0. The Morgan fingerprint density at radius 1 is 1.33 bits per heavy atom. The molecule has 2 rings (SSSR count). The van der Waals surface area contributed by atoms with Crippen LogP contribution in [0, 0.1) is 17.8 Å². The summed E-state index contributed by atoms with van der Waals surface area (Å²) in [6.45, 7) is 4.90. The van der Waals surface area contributed by atoms with E-state index in [2.05, 4.69) is 11.8 Å². The maximum atomic E-state index is 11.2. The minimum atomic E-state index is -0.581. The van der Waals surface area contributed by atoms with Gasteiger partial charge in [-0.2, -0.15) is 0 Å². The first-order valence-corrected chi connectivity index (χ1v) is 6.17. The van der Waals surface area contributed by atoms with Crippen molar-refractivity contribution >= 4 is 5.97 Å². The lowest BCUT2D eigenvalue weighted by Crippen LogP contribution is -2.26. The highest BCUT2D eigenvalue weighted by Crippen LogP contribution is 2.39. The molecule has 1 aliphatic carbocycles. The van der Waals surface area contributed by atoms with Gasteiger partial charge in [-0.1, -0.05) is 32.6 Å². The van der Waals surface area contributed by atoms with Gasteiger partial charge in [0.05, 0.1) is 5.92 Å². The summed E-state index contributed by atoms with van der Waals surface area (Å²) in [5, 5.41) is 9.23. The summed E-state index contributed by atoms with van der Waals surface area (Å²) in [5.74, 6) is 0.420. The number of likely N-dealkylation sites (tertiary alicyclic amines) is 1. The molecule has 1 saturated carbocycles. The van der Waals surface area contributed by atoms with Gasteiger partial charge in [-0.05, 0) is 18.4 Å². The van der Waals surface area contributed by atoms with Crippen LogP contribution in [0.3, 0.4) is 0 Å². The number of carboxylic acids is 1. The first-order valence-electron chi connectivity index (χ1n) is 6.17. The minimum Gasteiger partial charge on any atom is -0.481 e. The molecule has 1 aliphatic heterocycles. The maximum absolute atomic E-state index is 11.2. The third kappa shape index (κ3) is 2.17. The summed E-state index contributed by atoms with van der Waals surface area (Å²) in [7, 11) is 0. The Morgan fingerprint density at radius 3 is 2.53 bits per heavy atom. The molecule has 3 heteroatoms. The molecule has 0 aromatic rings. The molecule has 0 bridgehead atoms. The van der Waals surface area contributed by atoms with E-state index in [0.717, 1.165) is 19.6 Å². The second kappa shape index (κ2) is 4.52. The molecule has 1 saturated heterocycles. The lowest BCUT2D eigenvalue weighted by atomic mass is 9.83. The molecule has 2 atom stereocenters. The summed E-state index contributed by atoms with van der Waals surface area (Å²) < 4.78 is 0. The van der Waals surface area contributed by atoms with Gasteiger partial charge in [0.15, 0.2) is 0 Å². The van der Waals surface area contributed by atoms with Crippen molar-refractivity contribution in [1.82, 2.24) is 4.90 Å². The molecule has 2 fully saturated rings. The van der Waals surface area contributed by atoms with E-state index < -0.39 is 5.97 Å². The first-order chi connectivity index (χ1) is 7.22. The zero-order valence-electron chi connectivity index (χ0n) is 9.48. The molecule has 86 valence electrons. The Labute approximate surface area is 91.5 Å². The standard InChI is InChI=1S/C12H21NO2/c1-2-13-7-10(9-5-3-4-6-9)11(8-13)12(14)15/h9-11H,2-8H2,1H3,(H,14,15)/t10-,11+/m1/s1. The van der Waals surface area contributed by atoms with Gasteiger partial charge < -0.3 is 10.0 Å². The number of carboxylic acid groups (broad SMARTS) is 1. The second-order valence-corrected chi connectivity index (χ2v) is 5.01. The fraction of sp³-hybridized carbons (Fsp3) is 0.917. The Kier molecular flexibility index (Phi) is 3.29. The van der Waals surface area contributed by atoms with Crippen LogP contribution in [0.15, 0.2) is 0 Å². The van der Waals surface area contributed by atoms with Crippen molar-refractivity contribution in [2.45, 2.75) is 32.6 Å². The Balaban J connectivity index is 2.03. The van der Waals surface area contributed by atoms with Crippen LogP contribution in [0.25, 0.3) is 0 Å². The summed E-state index contributed by atoms with van der Waals surface area (Å²) in [5.41, 5.74) is 0. The van der Waals surface area contributed by atoms with Crippen molar-refractivity contribution < 1.29 is 9.90 Å². The van der Waals surface area contributed by atoms with Crippen LogP contribution in [0.1, 0.15) is 32.6 Å². The third-order valence-electron chi connectivity index (χ3n) is 4.21. The molecule has 15 heavy (non-hydrogen) atoms. The van der Waals surface area contributed by atoms with Crippen molar-refractivity contribution in [1.29, 1.82) is 0 Å². The molecule has 3 nitrogen and oxygen atoms in total. The summed E-state index contributed by atoms with van der Waals surface area (Å²) in [6.07, 6.45) is 5.12. The number of carbonyl (C=O) groups is 1. The fourth-order valence-corrected chi connectivity index (χ4v) is 3.30. The number of aliphatic carboxylic acids is 1. The molecule has 1 N–H and O–H groups in total. The zero-order chi connectivity index (χ0) is 10.8. The minimum absolute atomic E-state index is 0.104. The van der Waals surface area contributed by atoms with Gasteiger partial charge in [-0.25, -0.2) is 0 Å².